The van der Waals surface area contributed by atoms with E-state index in [1.807, 2.05) is 49.5 Å². The van der Waals surface area contributed by atoms with Crippen LogP contribution in [0.25, 0.3) is 21.9 Å². The molecule has 2 aromatic heterocycles. The van der Waals surface area contributed by atoms with Gasteiger partial charge in [-0.3, -0.25) is 9.48 Å². The number of carbonyl (C=O) groups is 1. The number of benzene rings is 2. The van der Waals surface area contributed by atoms with Crippen LogP contribution < -0.4 is 4.90 Å². The molecule has 1 amide bonds. The van der Waals surface area contributed by atoms with Crippen molar-refractivity contribution >= 4 is 33.5 Å². The zero-order valence-electron chi connectivity index (χ0n) is 15.9. The maximum absolute atomic E-state index is 13.2. The Hall–Kier alpha value is -3.12. The van der Waals surface area contributed by atoms with Crippen molar-refractivity contribution in [3.63, 3.8) is 0 Å². The van der Waals surface area contributed by atoms with Crippen molar-refractivity contribution < 1.29 is 13.9 Å². The fourth-order valence-corrected chi connectivity index (χ4v) is 3.94. The average molecular weight is 375 g/mol. The van der Waals surface area contributed by atoms with E-state index in [4.69, 9.17) is 9.15 Å². The lowest BCUT2D eigenvalue weighted by molar-refractivity contribution is 0.0991. The van der Waals surface area contributed by atoms with Gasteiger partial charge in [0, 0.05) is 55.3 Å². The molecule has 1 saturated heterocycles. The molecule has 0 bridgehead atoms. The molecule has 1 fully saturated rings. The first-order valence-electron chi connectivity index (χ1n) is 9.42. The third-order valence-corrected chi connectivity index (χ3v) is 5.46. The molecule has 0 radical (unpaired) electrons. The number of amides is 1. The van der Waals surface area contributed by atoms with Crippen LogP contribution in [0.1, 0.15) is 28.4 Å². The first kappa shape index (κ1) is 17.0. The van der Waals surface area contributed by atoms with Crippen molar-refractivity contribution in [3.05, 3.63) is 59.9 Å². The fraction of sp³-hybridized carbons (Fsp3) is 0.273. The Labute approximate surface area is 162 Å². The molecule has 0 saturated carbocycles. The second-order valence-corrected chi connectivity index (χ2v) is 7.31. The van der Waals surface area contributed by atoms with Crippen molar-refractivity contribution in [1.29, 1.82) is 0 Å². The van der Waals surface area contributed by atoms with E-state index >= 15 is 0 Å². The van der Waals surface area contributed by atoms with Gasteiger partial charge in [-0.2, -0.15) is 5.10 Å². The van der Waals surface area contributed by atoms with Crippen LogP contribution in [0.15, 0.2) is 53.1 Å². The van der Waals surface area contributed by atoms with Crippen LogP contribution >= 0.6 is 0 Å². The fourth-order valence-electron chi connectivity index (χ4n) is 3.94. The van der Waals surface area contributed by atoms with Crippen LogP contribution in [0.3, 0.4) is 0 Å². The lowest BCUT2D eigenvalue weighted by Gasteiger charge is -2.18. The number of aryl methyl sites for hydroxylation is 1. The van der Waals surface area contributed by atoms with E-state index in [0.29, 0.717) is 18.8 Å². The van der Waals surface area contributed by atoms with Gasteiger partial charge < -0.3 is 14.1 Å². The molecule has 142 valence electrons. The zero-order chi connectivity index (χ0) is 19.3. The standard InChI is InChI=1S/C22H21N3O3/c1-24-12-18(21(23-24)14-9-10-27-13-14)22(26)25(2)15-7-8-17-16-5-3-4-6-19(16)28-20(17)11-15/h3-8,11-12,14H,9-10,13H2,1-2H3. The van der Waals surface area contributed by atoms with E-state index in [1.54, 1.807) is 22.8 Å². The van der Waals surface area contributed by atoms with Crippen molar-refractivity contribution in [2.24, 2.45) is 7.05 Å². The first-order valence-corrected chi connectivity index (χ1v) is 9.42. The molecular formula is C22H21N3O3. The minimum atomic E-state index is -0.0783. The molecule has 2 aromatic carbocycles. The largest absolute Gasteiger partial charge is 0.456 e. The third kappa shape index (κ3) is 2.68. The summed E-state index contributed by atoms with van der Waals surface area (Å²) in [5.74, 6) is 0.0943. The van der Waals surface area contributed by atoms with Gasteiger partial charge in [0.1, 0.15) is 11.2 Å². The Kier molecular flexibility index (Phi) is 3.94. The Morgan fingerprint density at radius 2 is 2.00 bits per heavy atom. The minimum Gasteiger partial charge on any atom is -0.456 e. The molecule has 6 nitrogen and oxygen atoms in total. The molecule has 28 heavy (non-hydrogen) atoms. The number of hydrogen-bond donors (Lipinski definition) is 0. The van der Waals surface area contributed by atoms with E-state index in [2.05, 4.69) is 5.10 Å². The summed E-state index contributed by atoms with van der Waals surface area (Å²) in [4.78, 5) is 14.9. The molecular weight excluding hydrogens is 354 g/mol. The number of nitrogens with zero attached hydrogens (tertiary/aromatic N) is 3. The highest BCUT2D eigenvalue weighted by atomic mass is 16.5. The summed E-state index contributed by atoms with van der Waals surface area (Å²) >= 11 is 0. The normalized spacial score (nSPS) is 16.9. The molecule has 0 aliphatic carbocycles. The van der Waals surface area contributed by atoms with Gasteiger partial charge >= 0.3 is 0 Å². The van der Waals surface area contributed by atoms with Crippen LogP contribution in [-0.4, -0.2) is 35.9 Å². The summed E-state index contributed by atoms with van der Waals surface area (Å²) in [7, 11) is 3.63. The molecule has 1 aliphatic rings. The number of hydrogen-bond acceptors (Lipinski definition) is 4. The van der Waals surface area contributed by atoms with Gasteiger partial charge in [-0.25, -0.2) is 0 Å². The smallest absolute Gasteiger partial charge is 0.261 e. The summed E-state index contributed by atoms with van der Waals surface area (Å²) < 4.78 is 13.2. The molecule has 1 atom stereocenters. The Balaban J connectivity index is 1.51. The topological polar surface area (TPSA) is 60.5 Å². The highest BCUT2D eigenvalue weighted by molar-refractivity contribution is 6.09. The lowest BCUT2D eigenvalue weighted by Crippen LogP contribution is -2.27. The molecule has 1 aliphatic heterocycles. The molecule has 1 unspecified atom stereocenters. The monoisotopic (exact) mass is 375 g/mol. The van der Waals surface area contributed by atoms with E-state index in [1.165, 1.54) is 0 Å². The van der Waals surface area contributed by atoms with Crippen molar-refractivity contribution in [3.8, 4) is 0 Å². The van der Waals surface area contributed by atoms with Gasteiger partial charge in [0.2, 0.25) is 0 Å². The molecule has 3 heterocycles. The van der Waals surface area contributed by atoms with Gasteiger partial charge in [0.25, 0.3) is 5.91 Å². The highest BCUT2D eigenvalue weighted by Crippen LogP contribution is 2.32. The van der Waals surface area contributed by atoms with Crippen LogP contribution in [0.2, 0.25) is 0 Å². The van der Waals surface area contributed by atoms with Crippen molar-refractivity contribution in [2.45, 2.75) is 12.3 Å². The van der Waals surface area contributed by atoms with Gasteiger partial charge in [0.05, 0.1) is 17.9 Å². The number of ether oxygens (including phenoxy) is 1. The van der Waals surface area contributed by atoms with Gasteiger partial charge in [0.15, 0.2) is 0 Å². The number of furan rings is 1. The van der Waals surface area contributed by atoms with E-state index in [0.717, 1.165) is 39.7 Å². The number of para-hydroxylation sites is 1. The average Bonchev–Trinajstić information content (AvgIpc) is 3.44. The predicted octanol–water partition coefficient (Wildman–Crippen LogP) is 4.10. The number of rotatable bonds is 3. The van der Waals surface area contributed by atoms with Crippen molar-refractivity contribution in [1.82, 2.24) is 9.78 Å². The SMILES string of the molecule is CN(C(=O)c1cn(C)nc1C1CCOC1)c1ccc2c(c1)oc1ccccc12. The minimum absolute atomic E-state index is 0.0783. The second kappa shape index (κ2) is 6.49. The van der Waals surface area contributed by atoms with Gasteiger partial charge in [-0.1, -0.05) is 18.2 Å². The second-order valence-electron chi connectivity index (χ2n) is 7.31. The Morgan fingerprint density at radius 1 is 1.18 bits per heavy atom. The summed E-state index contributed by atoms with van der Waals surface area (Å²) in [5.41, 5.74) is 3.86. The van der Waals surface area contributed by atoms with Gasteiger partial charge in [-0.15, -0.1) is 0 Å². The van der Waals surface area contributed by atoms with E-state index in [9.17, 15) is 4.79 Å². The predicted molar refractivity (Wildman–Crippen MR) is 108 cm³/mol. The number of aromatic nitrogens is 2. The maximum atomic E-state index is 13.2. The summed E-state index contributed by atoms with van der Waals surface area (Å²) in [6, 6.07) is 13.8. The summed E-state index contributed by atoms with van der Waals surface area (Å²) in [6.07, 6.45) is 2.69. The van der Waals surface area contributed by atoms with Crippen LogP contribution in [-0.2, 0) is 11.8 Å². The molecule has 4 aromatic rings. The Bertz CT molecular complexity index is 1180. The number of carbonyl (C=O) groups excluding carboxylic acids is 1. The molecule has 0 N–H and O–H groups in total. The zero-order valence-corrected chi connectivity index (χ0v) is 15.9. The first-order chi connectivity index (χ1) is 13.6. The molecule has 0 spiro atoms. The van der Waals surface area contributed by atoms with Crippen molar-refractivity contribution in [2.75, 3.05) is 25.2 Å². The lowest BCUT2D eigenvalue weighted by atomic mass is 10.0. The van der Waals surface area contributed by atoms with Crippen LogP contribution in [0, 0.1) is 0 Å². The van der Waals surface area contributed by atoms with Crippen LogP contribution in [0.4, 0.5) is 5.69 Å². The number of anilines is 1. The number of fused-ring (bicyclic) bond motifs is 3. The Morgan fingerprint density at radius 3 is 2.82 bits per heavy atom. The summed E-state index contributed by atoms with van der Waals surface area (Å²) in [5, 5.41) is 6.66. The van der Waals surface area contributed by atoms with E-state index in [-0.39, 0.29) is 11.8 Å². The van der Waals surface area contributed by atoms with E-state index < -0.39 is 0 Å². The highest BCUT2D eigenvalue weighted by Gasteiger charge is 2.28. The van der Waals surface area contributed by atoms with Gasteiger partial charge in [-0.05, 0) is 24.6 Å². The summed E-state index contributed by atoms with van der Waals surface area (Å²) in [6.45, 7) is 1.33. The maximum Gasteiger partial charge on any atom is 0.261 e. The molecule has 5 rings (SSSR count). The molecule has 6 heteroatoms. The quantitative estimate of drug-likeness (QED) is 0.541. The van der Waals surface area contributed by atoms with Crippen LogP contribution in [0.5, 0.6) is 0 Å². The third-order valence-electron chi connectivity index (χ3n) is 5.46.